The number of rotatable bonds is 0. The lowest BCUT2D eigenvalue weighted by molar-refractivity contribution is 1.13. The van der Waals surface area contributed by atoms with Gasteiger partial charge in [0.25, 0.3) is 0 Å². The molecule has 0 bridgehead atoms. The van der Waals surface area contributed by atoms with Gasteiger partial charge in [-0.2, -0.15) is 0 Å². The minimum atomic E-state index is 0.575. The molecule has 0 unspecified atom stereocenters. The Bertz CT molecular complexity index is 568. The van der Waals surface area contributed by atoms with Crippen molar-refractivity contribution in [3.05, 3.63) is 47.6 Å². The first-order valence-corrected chi connectivity index (χ1v) is 4.59. The first kappa shape index (κ1) is 8.58. The summed E-state index contributed by atoms with van der Waals surface area (Å²) in [7, 11) is 0. The van der Waals surface area contributed by atoms with Crippen molar-refractivity contribution in [2.75, 3.05) is 0 Å². The Kier molecular flexibility index (Phi) is 1.85. The Morgan fingerprint density at radius 3 is 1.00 bits per heavy atom. The van der Waals surface area contributed by atoms with Gasteiger partial charge in [0.05, 0.1) is 0 Å². The summed E-state index contributed by atoms with van der Waals surface area (Å²) in [5, 5.41) is 0. The summed E-state index contributed by atoms with van der Waals surface area (Å²) in [5.74, 6) is 11.6. The number of fused-ring (bicyclic) bond motifs is 2. The van der Waals surface area contributed by atoms with Crippen molar-refractivity contribution in [2.24, 2.45) is 0 Å². The van der Waals surface area contributed by atoms with E-state index in [1.54, 1.807) is 24.8 Å². The molecule has 0 saturated carbocycles. The maximum Gasteiger partial charge on any atom is 0.147 e. The van der Waals surface area contributed by atoms with Crippen LogP contribution in [0.4, 0.5) is 0 Å². The third-order valence-electron chi connectivity index (χ3n) is 2.00. The molecule has 72 valence electrons. The van der Waals surface area contributed by atoms with Crippen molar-refractivity contribution in [1.82, 2.24) is 19.9 Å². The molecule has 2 aromatic heterocycles. The number of aromatic nitrogens is 4. The van der Waals surface area contributed by atoms with E-state index in [0.717, 1.165) is 0 Å². The SMILES string of the molecule is C1#Cc2nccnc2C#Cc2nccnc21. The zero-order valence-electron chi connectivity index (χ0n) is 8.10. The van der Waals surface area contributed by atoms with Crippen LogP contribution in [0.1, 0.15) is 22.8 Å². The highest BCUT2D eigenvalue weighted by Gasteiger charge is 2.04. The molecule has 1 aliphatic carbocycles. The van der Waals surface area contributed by atoms with Crippen molar-refractivity contribution in [1.29, 1.82) is 0 Å². The average molecular weight is 204 g/mol. The van der Waals surface area contributed by atoms with Gasteiger partial charge in [-0.1, -0.05) is 0 Å². The minimum Gasteiger partial charge on any atom is -0.243 e. The summed E-state index contributed by atoms with van der Waals surface area (Å²) in [6.07, 6.45) is 6.37. The predicted octanol–water partition coefficient (Wildman–Crippen LogP) is 0.380. The molecule has 0 radical (unpaired) electrons. The second kappa shape index (κ2) is 3.45. The van der Waals surface area contributed by atoms with Gasteiger partial charge in [0.2, 0.25) is 0 Å². The fraction of sp³-hybridized carbons (Fsp3) is 0. The van der Waals surface area contributed by atoms with E-state index in [4.69, 9.17) is 0 Å². The summed E-state index contributed by atoms with van der Waals surface area (Å²) < 4.78 is 0. The van der Waals surface area contributed by atoms with Gasteiger partial charge in [-0.25, -0.2) is 19.9 Å². The van der Waals surface area contributed by atoms with Gasteiger partial charge >= 0.3 is 0 Å². The Balaban J connectivity index is 2.27. The Morgan fingerprint density at radius 1 is 0.500 bits per heavy atom. The van der Waals surface area contributed by atoms with Gasteiger partial charge in [0, 0.05) is 24.8 Å². The molecule has 0 atom stereocenters. The molecule has 1 aliphatic rings. The van der Waals surface area contributed by atoms with E-state index in [9.17, 15) is 0 Å². The first-order chi connectivity index (χ1) is 7.93. The Labute approximate surface area is 91.8 Å². The summed E-state index contributed by atoms with van der Waals surface area (Å²) >= 11 is 0. The van der Waals surface area contributed by atoms with Crippen LogP contribution in [0.3, 0.4) is 0 Å². The Morgan fingerprint density at radius 2 is 0.750 bits per heavy atom. The van der Waals surface area contributed by atoms with Crippen LogP contribution < -0.4 is 0 Å². The highest BCUT2D eigenvalue weighted by Crippen LogP contribution is 2.04. The molecule has 2 heterocycles. The third kappa shape index (κ3) is 1.39. The number of nitrogens with zero attached hydrogens (tertiary/aromatic N) is 4. The summed E-state index contributed by atoms with van der Waals surface area (Å²) in [5.41, 5.74) is 2.30. The fourth-order valence-electron chi connectivity index (χ4n) is 1.28. The molecule has 16 heavy (non-hydrogen) atoms. The lowest BCUT2D eigenvalue weighted by atomic mass is 10.2. The highest BCUT2D eigenvalue weighted by atomic mass is 14.8. The molecule has 0 N–H and O–H groups in total. The van der Waals surface area contributed by atoms with Crippen molar-refractivity contribution < 1.29 is 0 Å². The monoisotopic (exact) mass is 204 g/mol. The van der Waals surface area contributed by atoms with Crippen molar-refractivity contribution in [3.63, 3.8) is 0 Å². The third-order valence-corrected chi connectivity index (χ3v) is 2.00. The van der Waals surface area contributed by atoms with Gasteiger partial charge in [0.15, 0.2) is 0 Å². The van der Waals surface area contributed by atoms with Crippen LogP contribution in [-0.4, -0.2) is 19.9 Å². The molecule has 2 aromatic rings. The maximum atomic E-state index is 4.11. The lowest BCUT2D eigenvalue weighted by Crippen LogP contribution is -1.97. The van der Waals surface area contributed by atoms with E-state index in [0.29, 0.717) is 22.8 Å². The average Bonchev–Trinajstić information content (AvgIpc) is 2.32. The normalized spacial score (nSPS) is 10.5. The van der Waals surface area contributed by atoms with Gasteiger partial charge in [-0.15, -0.1) is 0 Å². The first-order valence-electron chi connectivity index (χ1n) is 4.59. The Hall–Kier alpha value is -2.72. The molecule has 0 aliphatic heterocycles. The van der Waals surface area contributed by atoms with E-state index < -0.39 is 0 Å². The predicted molar refractivity (Wildman–Crippen MR) is 56.0 cm³/mol. The molecule has 0 spiro atoms. The molecule has 0 saturated heterocycles. The van der Waals surface area contributed by atoms with Crippen LogP contribution in [0.15, 0.2) is 24.8 Å². The van der Waals surface area contributed by atoms with Crippen LogP contribution in [0.2, 0.25) is 0 Å². The number of hydrogen-bond acceptors (Lipinski definition) is 4. The van der Waals surface area contributed by atoms with Crippen molar-refractivity contribution in [2.45, 2.75) is 0 Å². The van der Waals surface area contributed by atoms with E-state index in [-0.39, 0.29) is 0 Å². The maximum absolute atomic E-state index is 4.11. The zero-order chi connectivity index (χ0) is 10.8. The smallest absolute Gasteiger partial charge is 0.147 e. The second-order valence-corrected chi connectivity index (χ2v) is 3.01. The molecule has 0 amide bonds. The van der Waals surface area contributed by atoms with E-state index in [1.807, 2.05) is 0 Å². The van der Waals surface area contributed by atoms with Crippen LogP contribution >= 0.6 is 0 Å². The molecule has 0 aromatic carbocycles. The largest absolute Gasteiger partial charge is 0.243 e. The van der Waals surface area contributed by atoms with Gasteiger partial charge in [-0.3, -0.25) is 0 Å². The standard InChI is InChI=1S/C12H4N4/c1-2-10-12(16-8-7-14-10)4-3-11-9(1)13-5-6-15-11/h5-8H. The molecular weight excluding hydrogens is 200 g/mol. The molecule has 4 heteroatoms. The fourth-order valence-corrected chi connectivity index (χ4v) is 1.28. The summed E-state index contributed by atoms with van der Waals surface area (Å²) in [6, 6.07) is 0. The van der Waals surface area contributed by atoms with E-state index in [2.05, 4.69) is 43.6 Å². The molecular formula is C12H4N4. The van der Waals surface area contributed by atoms with Crippen LogP contribution in [-0.2, 0) is 0 Å². The molecule has 0 fully saturated rings. The highest BCUT2D eigenvalue weighted by molar-refractivity contribution is 5.52. The van der Waals surface area contributed by atoms with Crippen LogP contribution in [0.25, 0.3) is 0 Å². The van der Waals surface area contributed by atoms with Gasteiger partial charge in [0.1, 0.15) is 22.8 Å². The van der Waals surface area contributed by atoms with Crippen molar-refractivity contribution in [3.8, 4) is 23.7 Å². The van der Waals surface area contributed by atoms with E-state index in [1.165, 1.54) is 0 Å². The van der Waals surface area contributed by atoms with E-state index >= 15 is 0 Å². The van der Waals surface area contributed by atoms with Crippen LogP contribution in [0, 0.1) is 23.7 Å². The lowest BCUT2D eigenvalue weighted by Gasteiger charge is -1.97. The van der Waals surface area contributed by atoms with Gasteiger partial charge in [-0.05, 0) is 23.7 Å². The quantitative estimate of drug-likeness (QED) is 0.497. The minimum absolute atomic E-state index is 0.575. The summed E-state index contributed by atoms with van der Waals surface area (Å²) in [4.78, 5) is 16.4. The zero-order valence-corrected chi connectivity index (χ0v) is 8.10. The number of hydrogen-bond donors (Lipinski definition) is 0. The van der Waals surface area contributed by atoms with Crippen molar-refractivity contribution >= 4 is 0 Å². The topological polar surface area (TPSA) is 51.6 Å². The second-order valence-electron chi connectivity index (χ2n) is 3.01. The van der Waals surface area contributed by atoms with Crippen LogP contribution in [0.5, 0.6) is 0 Å². The van der Waals surface area contributed by atoms with Gasteiger partial charge < -0.3 is 0 Å². The molecule has 4 nitrogen and oxygen atoms in total. The molecule has 3 rings (SSSR count). The summed E-state index contributed by atoms with van der Waals surface area (Å²) in [6.45, 7) is 0.